The quantitative estimate of drug-likeness (QED) is 0.382. The van der Waals surface area contributed by atoms with Crippen LogP contribution in [0.1, 0.15) is 29.3 Å². The van der Waals surface area contributed by atoms with E-state index in [9.17, 15) is 14.4 Å². The molecule has 7 heteroatoms. The molecule has 3 amide bonds. The molecule has 3 fully saturated rings. The van der Waals surface area contributed by atoms with Gasteiger partial charge in [0.2, 0.25) is 11.8 Å². The summed E-state index contributed by atoms with van der Waals surface area (Å²) in [7, 11) is 0. The van der Waals surface area contributed by atoms with E-state index in [0.717, 1.165) is 16.5 Å². The van der Waals surface area contributed by atoms with E-state index in [1.165, 1.54) is 9.80 Å². The summed E-state index contributed by atoms with van der Waals surface area (Å²) in [5.74, 6) is 0.152. The fraction of sp³-hybridized carbons (Fsp3) is 0.370. The number of carbonyl (C=O) groups excluding carboxylic acids is 3. The number of hydrogen-bond acceptors (Lipinski definition) is 3. The van der Waals surface area contributed by atoms with Crippen LogP contribution < -0.4 is 4.90 Å². The molecule has 6 unspecified atom stereocenters. The Bertz CT molecular complexity index is 1220. The Kier molecular flexibility index (Phi) is 5.23. The molecule has 2 aromatic carbocycles. The number of rotatable bonds is 5. The number of likely N-dealkylation sites (tertiary alicyclic amines) is 1. The second kappa shape index (κ2) is 8.06. The summed E-state index contributed by atoms with van der Waals surface area (Å²) in [6.07, 6.45) is 6.12. The minimum absolute atomic E-state index is 0.113. The lowest BCUT2D eigenvalue weighted by atomic mass is 9.63. The molecular formula is C27H24BrClN2O3. The minimum Gasteiger partial charge on any atom is -0.289 e. The molecule has 4 aliphatic carbocycles. The molecule has 1 saturated heterocycles. The third-order valence-corrected chi connectivity index (χ3v) is 8.92. The van der Waals surface area contributed by atoms with Gasteiger partial charge in [-0.3, -0.25) is 24.2 Å². The molecule has 2 aromatic rings. The maximum Gasteiger partial charge on any atom is 0.261 e. The van der Waals surface area contributed by atoms with Crippen LogP contribution >= 0.6 is 27.5 Å². The van der Waals surface area contributed by atoms with Crippen molar-refractivity contribution >= 4 is 50.9 Å². The average molecular weight is 540 g/mol. The van der Waals surface area contributed by atoms with Crippen molar-refractivity contribution in [3.63, 3.8) is 0 Å². The fourth-order valence-electron chi connectivity index (χ4n) is 6.43. The summed E-state index contributed by atoms with van der Waals surface area (Å²) in [4.78, 5) is 43.9. The van der Waals surface area contributed by atoms with Gasteiger partial charge in [0.15, 0.2) is 0 Å². The molecule has 1 heterocycles. The van der Waals surface area contributed by atoms with Crippen LogP contribution in [0, 0.1) is 35.5 Å². The van der Waals surface area contributed by atoms with Crippen molar-refractivity contribution in [2.45, 2.75) is 19.8 Å². The number of anilines is 1. The van der Waals surface area contributed by atoms with E-state index in [1.807, 2.05) is 25.1 Å². The van der Waals surface area contributed by atoms with E-state index in [4.69, 9.17) is 11.6 Å². The maximum atomic E-state index is 13.8. The number of allylic oxidation sites excluding steroid dienone is 2. The number of amides is 3. The van der Waals surface area contributed by atoms with Crippen LogP contribution in [0.15, 0.2) is 59.1 Å². The van der Waals surface area contributed by atoms with E-state index in [-0.39, 0.29) is 48.1 Å². The molecule has 5 aliphatic rings. The molecule has 2 bridgehead atoms. The van der Waals surface area contributed by atoms with Gasteiger partial charge in [-0.05, 0) is 72.4 Å². The molecule has 0 radical (unpaired) electrons. The molecule has 34 heavy (non-hydrogen) atoms. The Hall–Kier alpha value is -2.44. The van der Waals surface area contributed by atoms with Crippen molar-refractivity contribution in [1.29, 1.82) is 0 Å². The van der Waals surface area contributed by atoms with Gasteiger partial charge >= 0.3 is 0 Å². The first-order chi connectivity index (χ1) is 16.4. The first-order valence-electron chi connectivity index (χ1n) is 11.8. The topological polar surface area (TPSA) is 57.7 Å². The van der Waals surface area contributed by atoms with Crippen molar-refractivity contribution in [1.82, 2.24) is 4.90 Å². The highest BCUT2D eigenvalue weighted by Crippen LogP contribution is 2.65. The van der Waals surface area contributed by atoms with Crippen LogP contribution in [0.2, 0.25) is 5.02 Å². The largest absolute Gasteiger partial charge is 0.289 e. The van der Waals surface area contributed by atoms with Crippen LogP contribution in [-0.4, -0.2) is 29.3 Å². The van der Waals surface area contributed by atoms with E-state index in [1.54, 1.807) is 24.3 Å². The van der Waals surface area contributed by atoms with Gasteiger partial charge in [-0.2, -0.15) is 0 Å². The Morgan fingerprint density at radius 2 is 1.71 bits per heavy atom. The van der Waals surface area contributed by atoms with Gasteiger partial charge in [0.1, 0.15) is 6.67 Å². The average Bonchev–Trinajstić information content (AvgIpc) is 3.62. The predicted molar refractivity (Wildman–Crippen MR) is 133 cm³/mol. The van der Waals surface area contributed by atoms with E-state index >= 15 is 0 Å². The lowest BCUT2D eigenvalue weighted by molar-refractivity contribution is -0.140. The first-order valence-corrected chi connectivity index (χ1v) is 13.0. The molecule has 5 nitrogen and oxygen atoms in total. The fourth-order valence-corrected chi connectivity index (χ4v) is 7.06. The first kappa shape index (κ1) is 22.1. The van der Waals surface area contributed by atoms with Gasteiger partial charge in [-0.1, -0.05) is 58.7 Å². The zero-order valence-electron chi connectivity index (χ0n) is 18.7. The highest BCUT2D eigenvalue weighted by Gasteiger charge is 2.67. The number of imide groups is 1. The number of aryl methyl sites for hydroxylation is 1. The zero-order chi connectivity index (χ0) is 23.7. The smallest absolute Gasteiger partial charge is 0.261 e. The monoisotopic (exact) mass is 538 g/mol. The summed E-state index contributed by atoms with van der Waals surface area (Å²) in [5.41, 5.74) is 1.96. The Morgan fingerprint density at radius 1 is 1.06 bits per heavy atom. The molecule has 0 aromatic heterocycles. The SMILES string of the molecule is CCc1cc(Br)ccc1N(CN1C(=O)C2C3C=CC(C4CC34)C2C1=O)C(=O)c1ccccc1Cl. The number of hydrogen-bond donors (Lipinski definition) is 0. The lowest BCUT2D eigenvalue weighted by Gasteiger charge is -2.37. The van der Waals surface area contributed by atoms with Gasteiger partial charge in [0, 0.05) is 10.2 Å². The number of nitrogens with zero attached hydrogens (tertiary/aromatic N) is 2. The third kappa shape index (κ3) is 3.22. The molecule has 1 aliphatic heterocycles. The van der Waals surface area contributed by atoms with Gasteiger partial charge in [0.25, 0.3) is 5.91 Å². The van der Waals surface area contributed by atoms with E-state index < -0.39 is 0 Å². The Balaban J connectivity index is 1.39. The van der Waals surface area contributed by atoms with Crippen LogP contribution in [0.5, 0.6) is 0 Å². The van der Waals surface area contributed by atoms with Crippen LogP contribution in [0.25, 0.3) is 0 Å². The summed E-state index contributed by atoms with van der Waals surface area (Å²) in [6.45, 7) is 1.90. The van der Waals surface area contributed by atoms with Gasteiger partial charge in [-0.15, -0.1) is 0 Å². The highest BCUT2D eigenvalue weighted by atomic mass is 79.9. The molecule has 7 rings (SSSR count). The maximum absolute atomic E-state index is 13.8. The molecule has 174 valence electrons. The van der Waals surface area contributed by atoms with Crippen molar-refractivity contribution in [3.05, 3.63) is 75.2 Å². The summed E-state index contributed by atoms with van der Waals surface area (Å²) in [6, 6.07) is 12.6. The highest BCUT2D eigenvalue weighted by molar-refractivity contribution is 9.10. The number of benzene rings is 2. The summed E-state index contributed by atoms with van der Waals surface area (Å²) in [5, 5.41) is 0.336. The summed E-state index contributed by atoms with van der Waals surface area (Å²) < 4.78 is 0.902. The van der Waals surface area contributed by atoms with Crippen LogP contribution in [-0.2, 0) is 16.0 Å². The van der Waals surface area contributed by atoms with Crippen molar-refractivity contribution in [3.8, 4) is 0 Å². The second-order valence-electron chi connectivity index (χ2n) is 9.74. The number of carbonyl (C=O) groups is 3. The lowest BCUT2D eigenvalue weighted by Crippen LogP contribution is -2.45. The van der Waals surface area contributed by atoms with Gasteiger partial charge < -0.3 is 0 Å². The zero-order valence-corrected chi connectivity index (χ0v) is 21.0. The molecular weight excluding hydrogens is 516 g/mol. The molecule has 0 N–H and O–H groups in total. The van der Waals surface area contributed by atoms with Crippen molar-refractivity contribution in [2.75, 3.05) is 11.6 Å². The summed E-state index contributed by atoms with van der Waals surface area (Å²) >= 11 is 9.89. The van der Waals surface area contributed by atoms with E-state index in [2.05, 4.69) is 28.1 Å². The Morgan fingerprint density at radius 3 is 2.32 bits per heavy atom. The van der Waals surface area contributed by atoms with Gasteiger partial charge in [-0.25, -0.2) is 0 Å². The Labute approximate surface area is 211 Å². The third-order valence-electron chi connectivity index (χ3n) is 8.10. The predicted octanol–water partition coefficient (Wildman–Crippen LogP) is 5.32. The van der Waals surface area contributed by atoms with Crippen LogP contribution in [0.4, 0.5) is 5.69 Å². The number of halogens is 2. The normalized spacial score (nSPS) is 30.4. The standard InChI is InChI=1S/C27H24BrClN2O3/c1-2-14-11-15(28)7-10-22(14)30(25(32)18-5-3-4-6-21(18)29)13-31-26(33)23-16-8-9-17(20-12-19(16)20)24(23)27(31)34/h3-11,16-17,19-20,23-24H,2,12-13H2,1H3. The minimum atomic E-state index is -0.331. The molecule has 0 spiro atoms. The van der Waals surface area contributed by atoms with Gasteiger partial charge in [0.05, 0.1) is 22.4 Å². The van der Waals surface area contributed by atoms with E-state index in [0.29, 0.717) is 34.5 Å². The molecule has 6 atom stereocenters. The second-order valence-corrected chi connectivity index (χ2v) is 11.1. The molecule has 2 saturated carbocycles. The van der Waals surface area contributed by atoms with Crippen molar-refractivity contribution in [2.24, 2.45) is 35.5 Å². The van der Waals surface area contributed by atoms with Crippen LogP contribution in [0.3, 0.4) is 0 Å². The van der Waals surface area contributed by atoms with Crippen molar-refractivity contribution < 1.29 is 14.4 Å².